The van der Waals surface area contributed by atoms with E-state index in [1.807, 2.05) is 26.0 Å². The van der Waals surface area contributed by atoms with Crippen LogP contribution in [0.15, 0.2) is 36.4 Å². The highest BCUT2D eigenvalue weighted by Crippen LogP contribution is 2.36. The predicted molar refractivity (Wildman–Crippen MR) is 120 cm³/mol. The highest BCUT2D eigenvalue weighted by atomic mass is 16.1. The summed E-state index contributed by atoms with van der Waals surface area (Å²) < 4.78 is 0. The van der Waals surface area contributed by atoms with Crippen molar-refractivity contribution >= 4 is 22.9 Å². The van der Waals surface area contributed by atoms with E-state index in [1.54, 1.807) is 24.3 Å². The molecule has 2 aromatic rings. The molecule has 1 aliphatic rings. The van der Waals surface area contributed by atoms with E-state index in [1.165, 1.54) is 0 Å². The minimum atomic E-state index is -0.167. The van der Waals surface area contributed by atoms with Gasteiger partial charge in [-0.3, -0.25) is 20.2 Å². The van der Waals surface area contributed by atoms with Crippen LogP contribution in [0.25, 0.3) is 0 Å². The number of benzene rings is 2. The lowest BCUT2D eigenvalue weighted by Gasteiger charge is -2.27. The van der Waals surface area contributed by atoms with Crippen molar-refractivity contribution in [1.29, 1.82) is 0 Å². The fourth-order valence-corrected chi connectivity index (χ4v) is 3.63. The van der Waals surface area contributed by atoms with Crippen LogP contribution in [0.1, 0.15) is 45.7 Å². The van der Waals surface area contributed by atoms with E-state index in [4.69, 9.17) is 11.5 Å². The number of hydrogen-bond acceptors (Lipinski definition) is 8. The highest BCUT2D eigenvalue weighted by molar-refractivity contribution is 6.31. The van der Waals surface area contributed by atoms with Gasteiger partial charge in [-0.25, -0.2) is 0 Å². The molecule has 0 heterocycles. The van der Waals surface area contributed by atoms with Gasteiger partial charge in [0.1, 0.15) is 0 Å². The zero-order valence-electron chi connectivity index (χ0n) is 17.4. The third kappa shape index (κ3) is 4.52. The summed E-state index contributed by atoms with van der Waals surface area (Å²) in [6.45, 7) is 6.16. The summed E-state index contributed by atoms with van der Waals surface area (Å²) in [6, 6.07) is 10.6. The van der Waals surface area contributed by atoms with E-state index < -0.39 is 0 Å². The maximum Gasteiger partial charge on any atom is 0.196 e. The lowest BCUT2D eigenvalue weighted by molar-refractivity contribution is 0.0980. The monoisotopic (exact) mass is 410 g/mol. The second-order valence-corrected chi connectivity index (χ2v) is 7.33. The minimum Gasteiger partial charge on any atom is -0.369 e. The number of fused-ring (bicyclic) bond motifs is 2. The van der Waals surface area contributed by atoms with Crippen molar-refractivity contribution in [3.63, 3.8) is 0 Å². The Balaban J connectivity index is 2.04. The topological polar surface area (TPSA) is 134 Å². The molecule has 30 heavy (non-hydrogen) atoms. The highest BCUT2D eigenvalue weighted by Gasteiger charge is 2.34. The summed E-state index contributed by atoms with van der Waals surface area (Å²) in [4.78, 5) is 26.8. The Morgan fingerprint density at radius 1 is 0.733 bits per heavy atom. The maximum absolute atomic E-state index is 13.4. The van der Waals surface area contributed by atoms with Crippen LogP contribution >= 0.6 is 0 Å². The van der Waals surface area contributed by atoms with Gasteiger partial charge in [-0.2, -0.15) is 0 Å². The van der Waals surface area contributed by atoms with E-state index in [0.717, 1.165) is 0 Å². The smallest absolute Gasteiger partial charge is 0.196 e. The largest absolute Gasteiger partial charge is 0.369 e. The average Bonchev–Trinajstić information content (AvgIpc) is 2.75. The van der Waals surface area contributed by atoms with Gasteiger partial charge >= 0.3 is 0 Å². The van der Waals surface area contributed by atoms with Crippen molar-refractivity contribution in [2.24, 2.45) is 11.5 Å². The van der Waals surface area contributed by atoms with Gasteiger partial charge < -0.3 is 22.1 Å². The van der Waals surface area contributed by atoms with Gasteiger partial charge in [-0.05, 0) is 26.0 Å². The van der Waals surface area contributed by atoms with Crippen LogP contribution in [0.5, 0.6) is 0 Å². The number of rotatable bonds is 10. The van der Waals surface area contributed by atoms with Gasteiger partial charge in [0, 0.05) is 48.7 Å². The maximum atomic E-state index is 13.4. The van der Waals surface area contributed by atoms with Crippen LogP contribution in [-0.4, -0.2) is 50.1 Å². The van der Waals surface area contributed by atoms with E-state index in [2.05, 4.69) is 21.3 Å². The normalized spacial score (nSPS) is 14.7. The zero-order valence-corrected chi connectivity index (χ0v) is 17.4. The van der Waals surface area contributed by atoms with Gasteiger partial charge in [0.2, 0.25) is 0 Å². The summed E-state index contributed by atoms with van der Waals surface area (Å²) in [5.41, 5.74) is 14.0. The SMILES string of the molecule is CC(NCCN)Nc1ccc(NC(C)NCCN)c2c1C(=O)c1ccccc1C2=O. The summed E-state index contributed by atoms with van der Waals surface area (Å²) in [7, 11) is 0. The van der Waals surface area contributed by atoms with Crippen molar-refractivity contribution < 1.29 is 9.59 Å². The summed E-state index contributed by atoms with van der Waals surface area (Å²) in [5, 5.41) is 13.1. The standard InChI is InChI=1S/C22H30N6O2/c1-13(25-11-9-23)27-17-7-8-18(28-14(2)26-12-10-24)20-19(17)21(29)15-5-3-4-6-16(15)22(20)30/h3-8,13-14,25-28H,9-12,23-24H2,1-2H3. The first-order valence-electron chi connectivity index (χ1n) is 10.2. The Morgan fingerprint density at radius 3 is 1.50 bits per heavy atom. The molecule has 8 nitrogen and oxygen atoms in total. The first kappa shape index (κ1) is 21.9. The molecule has 8 heteroatoms. The van der Waals surface area contributed by atoms with Crippen LogP contribution in [0, 0.1) is 0 Å². The van der Waals surface area contributed by atoms with Crippen molar-refractivity contribution in [2.75, 3.05) is 36.8 Å². The van der Waals surface area contributed by atoms with Gasteiger partial charge in [0.25, 0.3) is 0 Å². The average molecular weight is 411 g/mol. The van der Waals surface area contributed by atoms with E-state index in [0.29, 0.717) is 59.8 Å². The molecule has 2 atom stereocenters. The van der Waals surface area contributed by atoms with Crippen LogP contribution < -0.4 is 32.7 Å². The quantitative estimate of drug-likeness (QED) is 0.273. The summed E-state index contributed by atoms with van der Waals surface area (Å²) >= 11 is 0. The molecule has 0 saturated heterocycles. The van der Waals surface area contributed by atoms with Gasteiger partial charge in [0.15, 0.2) is 11.6 Å². The number of ketones is 2. The fraction of sp³-hybridized carbons (Fsp3) is 0.364. The first-order valence-corrected chi connectivity index (χ1v) is 10.2. The Bertz CT molecular complexity index is 856. The Morgan fingerprint density at radius 2 is 1.13 bits per heavy atom. The zero-order chi connectivity index (χ0) is 21.7. The molecule has 0 aliphatic heterocycles. The third-order valence-corrected chi connectivity index (χ3v) is 5.01. The molecule has 0 bridgehead atoms. The van der Waals surface area contributed by atoms with E-state index >= 15 is 0 Å². The number of nitrogens with one attached hydrogen (secondary N) is 4. The lowest BCUT2D eigenvalue weighted by atomic mass is 9.82. The summed E-state index contributed by atoms with van der Waals surface area (Å²) in [6.07, 6.45) is -0.247. The molecule has 0 aromatic heterocycles. The molecule has 160 valence electrons. The molecule has 0 fully saturated rings. The predicted octanol–water partition coefficient (Wildman–Crippen LogP) is 1.07. The molecule has 0 amide bonds. The van der Waals surface area contributed by atoms with Gasteiger partial charge in [0.05, 0.1) is 23.5 Å². The number of hydrogen-bond donors (Lipinski definition) is 6. The minimum absolute atomic E-state index is 0.123. The number of nitrogens with two attached hydrogens (primary N) is 2. The van der Waals surface area contributed by atoms with Crippen LogP contribution in [0.3, 0.4) is 0 Å². The molecular weight excluding hydrogens is 380 g/mol. The second kappa shape index (κ2) is 9.82. The molecular formula is C22H30N6O2. The molecule has 3 rings (SSSR count). The number of carbonyl (C=O) groups excluding carboxylic acids is 2. The molecule has 8 N–H and O–H groups in total. The van der Waals surface area contributed by atoms with Crippen molar-refractivity contribution in [2.45, 2.75) is 26.2 Å². The van der Waals surface area contributed by atoms with Crippen molar-refractivity contribution in [3.8, 4) is 0 Å². The Hall–Kier alpha value is -2.78. The molecule has 0 spiro atoms. The fourth-order valence-electron chi connectivity index (χ4n) is 3.63. The number of anilines is 2. The number of carbonyl (C=O) groups is 2. The Labute approximate surface area is 176 Å². The van der Waals surface area contributed by atoms with E-state index in [-0.39, 0.29) is 23.9 Å². The van der Waals surface area contributed by atoms with Crippen LogP contribution in [0.4, 0.5) is 11.4 Å². The molecule has 0 radical (unpaired) electrons. The molecule has 1 aliphatic carbocycles. The molecule has 2 unspecified atom stereocenters. The van der Waals surface area contributed by atoms with Crippen molar-refractivity contribution in [1.82, 2.24) is 10.6 Å². The molecule has 0 saturated carbocycles. The van der Waals surface area contributed by atoms with E-state index in [9.17, 15) is 9.59 Å². The third-order valence-electron chi connectivity index (χ3n) is 5.01. The first-order chi connectivity index (χ1) is 14.5. The van der Waals surface area contributed by atoms with Crippen molar-refractivity contribution in [3.05, 3.63) is 58.7 Å². The summed E-state index contributed by atoms with van der Waals surface area (Å²) in [5.74, 6) is -0.333. The van der Waals surface area contributed by atoms with Gasteiger partial charge in [-0.15, -0.1) is 0 Å². The van der Waals surface area contributed by atoms with Crippen LogP contribution in [0.2, 0.25) is 0 Å². The lowest BCUT2D eigenvalue weighted by Crippen LogP contribution is -2.38. The molecule has 2 aromatic carbocycles. The van der Waals surface area contributed by atoms with Crippen LogP contribution in [-0.2, 0) is 0 Å². The Kier molecular flexibility index (Phi) is 7.17. The van der Waals surface area contributed by atoms with Gasteiger partial charge in [-0.1, -0.05) is 24.3 Å². The second-order valence-electron chi connectivity index (χ2n) is 7.33.